The molecule has 0 spiro atoms. The van der Waals surface area contributed by atoms with Gasteiger partial charge in [0.1, 0.15) is 18.1 Å². The molecule has 1 rings (SSSR count). The number of carbonyl (C=O) groups excluding carboxylic acids is 4. The lowest BCUT2D eigenvalue weighted by atomic mass is 10.1. The second kappa shape index (κ2) is 13.1. The van der Waals surface area contributed by atoms with Gasteiger partial charge in [0.05, 0.1) is 18.6 Å². The van der Waals surface area contributed by atoms with E-state index >= 15 is 0 Å². The molecule has 1 fully saturated rings. The molecule has 0 saturated carbocycles. The second-order valence-electron chi connectivity index (χ2n) is 7.29. The Hall–Kier alpha value is -2.38. The molecule has 8 N–H and O–H groups in total. The van der Waals surface area contributed by atoms with Gasteiger partial charge in [-0.2, -0.15) is 11.8 Å². The maximum Gasteiger partial charge on any atom is 0.326 e. The number of carboxylic acids is 1. The molecule has 31 heavy (non-hydrogen) atoms. The summed E-state index contributed by atoms with van der Waals surface area (Å²) in [6.45, 7) is 1.95. The van der Waals surface area contributed by atoms with Crippen LogP contribution in [0.2, 0.25) is 0 Å². The molecule has 0 aromatic heterocycles. The molecule has 12 nitrogen and oxygen atoms in total. The Morgan fingerprint density at radius 1 is 1.13 bits per heavy atom. The van der Waals surface area contributed by atoms with Gasteiger partial charge in [-0.1, -0.05) is 0 Å². The molecule has 1 saturated heterocycles. The van der Waals surface area contributed by atoms with Crippen molar-refractivity contribution in [2.75, 3.05) is 18.6 Å². The third-order valence-corrected chi connectivity index (χ3v) is 5.35. The number of nitrogens with one attached hydrogen (secondary N) is 4. The fraction of sp³-hybridized carbons (Fsp3) is 0.722. The smallest absolute Gasteiger partial charge is 0.326 e. The molecule has 5 unspecified atom stereocenters. The van der Waals surface area contributed by atoms with Gasteiger partial charge in [0.25, 0.3) is 0 Å². The van der Waals surface area contributed by atoms with E-state index in [2.05, 4.69) is 21.3 Å². The van der Waals surface area contributed by atoms with Crippen LogP contribution in [0, 0.1) is 0 Å². The van der Waals surface area contributed by atoms with Crippen molar-refractivity contribution in [1.29, 1.82) is 0 Å². The molecule has 1 aliphatic rings. The van der Waals surface area contributed by atoms with Crippen molar-refractivity contribution in [3.05, 3.63) is 0 Å². The van der Waals surface area contributed by atoms with Crippen molar-refractivity contribution in [2.24, 2.45) is 5.73 Å². The molecule has 0 aromatic rings. The normalized spacial score (nSPS) is 19.5. The van der Waals surface area contributed by atoms with E-state index in [1.807, 2.05) is 6.26 Å². The molecule has 4 amide bonds. The van der Waals surface area contributed by atoms with Crippen molar-refractivity contribution >= 4 is 41.4 Å². The summed E-state index contributed by atoms with van der Waals surface area (Å²) in [7, 11) is 0. The highest BCUT2D eigenvalue weighted by atomic mass is 32.2. The highest BCUT2D eigenvalue weighted by Crippen LogP contribution is 2.08. The fourth-order valence-electron chi connectivity index (χ4n) is 3.01. The number of nitrogens with two attached hydrogens (primary N) is 1. The summed E-state index contributed by atoms with van der Waals surface area (Å²) in [5.74, 6) is -3.89. The van der Waals surface area contributed by atoms with Gasteiger partial charge in [0.15, 0.2) is 0 Å². The molecule has 1 heterocycles. The topological polar surface area (TPSA) is 200 Å². The first-order valence-electron chi connectivity index (χ1n) is 9.89. The van der Waals surface area contributed by atoms with E-state index in [1.165, 1.54) is 18.7 Å². The number of hydrogen-bond donors (Lipinski definition) is 7. The van der Waals surface area contributed by atoms with E-state index in [0.717, 1.165) is 6.42 Å². The third-order valence-electron chi connectivity index (χ3n) is 4.70. The maximum atomic E-state index is 12.8. The molecule has 5 atom stereocenters. The van der Waals surface area contributed by atoms with E-state index < -0.39 is 60.4 Å². The molecule has 176 valence electrons. The van der Waals surface area contributed by atoms with Crippen LogP contribution in [-0.2, 0) is 24.0 Å². The number of aliphatic hydroxyl groups is 1. The number of rotatable bonds is 13. The number of hydrogen-bond acceptors (Lipinski definition) is 8. The summed E-state index contributed by atoms with van der Waals surface area (Å²) in [4.78, 5) is 59.9. The molecule has 1 aliphatic heterocycles. The second-order valence-corrected chi connectivity index (χ2v) is 8.27. The highest BCUT2D eigenvalue weighted by molar-refractivity contribution is 7.98. The summed E-state index contributed by atoms with van der Waals surface area (Å²) >= 11 is 1.47. The summed E-state index contributed by atoms with van der Waals surface area (Å²) < 4.78 is 0. The Balaban J connectivity index is 2.86. The minimum absolute atomic E-state index is 0.291. The zero-order chi connectivity index (χ0) is 23.6. The first-order chi connectivity index (χ1) is 14.6. The summed E-state index contributed by atoms with van der Waals surface area (Å²) in [6.07, 6.45) is 1.60. The number of aliphatic hydroxyl groups excluding tert-OH is 1. The SMILES string of the molecule is CSCCC(NC(=O)C1CCCN1)C(=O)NC(C(=O)NC(CC(N)=O)C(=O)O)C(C)O. The molecule has 13 heteroatoms. The monoisotopic (exact) mass is 461 g/mol. The predicted molar refractivity (Wildman–Crippen MR) is 113 cm³/mol. The molecular weight excluding hydrogens is 430 g/mol. The lowest BCUT2D eigenvalue weighted by Gasteiger charge is -2.26. The summed E-state index contributed by atoms with van der Waals surface area (Å²) in [5, 5.41) is 29.2. The van der Waals surface area contributed by atoms with Gasteiger partial charge in [0.2, 0.25) is 23.6 Å². The highest BCUT2D eigenvalue weighted by Gasteiger charge is 2.33. The van der Waals surface area contributed by atoms with Crippen molar-refractivity contribution in [3.8, 4) is 0 Å². The molecule has 0 aromatic carbocycles. The van der Waals surface area contributed by atoms with Crippen molar-refractivity contribution < 1.29 is 34.2 Å². The lowest BCUT2D eigenvalue weighted by molar-refractivity contribution is -0.144. The average Bonchev–Trinajstić information content (AvgIpc) is 3.22. The van der Waals surface area contributed by atoms with Gasteiger partial charge in [0, 0.05) is 0 Å². The van der Waals surface area contributed by atoms with Crippen molar-refractivity contribution in [1.82, 2.24) is 21.3 Å². The largest absolute Gasteiger partial charge is 0.480 e. The Morgan fingerprint density at radius 2 is 1.81 bits per heavy atom. The van der Waals surface area contributed by atoms with Crippen LogP contribution in [-0.4, -0.2) is 88.6 Å². The van der Waals surface area contributed by atoms with Gasteiger partial charge in [-0.25, -0.2) is 4.79 Å². The fourth-order valence-corrected chi connectivity index (χ4v) is 3.48. The Labute approximate surface area is 184 Å². The van der Waals surface area contributed by atoms with E-state index in [4.69, 9.17) is 10.8 Å². The first-order valence-corrected chi connectivity index (χ1v) is 11.3. The van der Waals surface area contributed by atoms with Gasteiger partial charge in [-0.05, 0) is 44.7 Å². The minimum atomic E-state index is -1.61. The quantitative estimate of drug-likeness (QED) is 0.152. The molecule has 0 aliphatic carbocycles. The van der Waals surface area contributed by atoms with Crippen LogP contribution in [0.5, 0.6) is 0 Å². The van der Waals surface area contributed by atoms with Crippen LogP contribution in [0.25, 0.3) is 0 Å². The summed E-state index contributed by atoms with van der Waals surface area (Å²) in [5.41, 5.74) is 4.99. The number of primary amides is 1. The number of carbonyl (C=O) groups is 5. The predicted octanol–water partition coefficient (Wildman–Crippen LogP) is -2.71. The number of thioether (sulfide) groups is 1. The van der Waals surface area contributed by atoms with Gasteiger partial charge < -0.3 is 37.2 Å². The molecule has 0 bridgehead atoms. The standard InChI is InChI=1S/C18H31N5O7S/c1-9(24)14(17(28)22-12(18(29)30)8-13(19)25)23-16(27)11(5-7-31-2)21-15(26)10-4-3-6-20-10/h9-12,14,20,24H,3-8H2,1-2H3,(H2,19,25)(H,21,26)(H,22,28)(H,23,27)(H,29,30). The first kappa shape index (κ1) is 26.7. The van der Waals surface area contributed by atoms with E-state index in [1.54, 1.807) is 0 Å². The zero-order valence-electron chi connectivity index (χ0n) is 17.6. The van der Waals surface area contributed by atoms with Crippen LogP contribution < -0.4 is 27.0 Å². The Morgan fingerprint density at radius 3 is 2.29 bits per heavy atom. The maximum absolute atomic E-state index is 12.8. The number of carboxylic acid groups (broad SMARTS) is 1. The van der Waals surface area contributed by atoms with Crippen LogP contribution in [0.15, 0.2) is 0 Å². The van der Waals surface area contributed by atoms with Crippen LogP contribution >= 0.6 is 11.8 Å². The Kier molecular flexibility index (Phi) is 11.3. The Bertz CT molecular complexity index is 670. The summed E-state index contributed by atoms with van der Waals surface area (Å²) in [6, 6.07) is -4.45. The van der Waals surface area contributed by atoms with Gasteiger partial charge in [-0.15, -0.1) is 0 Å². The lowest BCUT2D eigenvalue weighted by Crippen LogP contribution is -2.60. The average molecular weight is 462 g/mol. The minimum Gasteiger partial charge on any atom is -0.480 e. The number of aliphatic carboxylic acids is 1. The van der Waals surface area contributed by atoms with Crippen LogP contribution in [0.1, 0.15) is 32.6 Å². The van der Waals surface area contributed by atoms with Crippen molar-refractivity contribution in [3.63, 3.8) is 0 Å². The zero-order valence-corrected chi connectivity index (χ0v) is 18.4. The van der Waals surface area contributed by atoms with Crippen molar-refractivity contribution in [2.45, 2.75) is 62.9 Å². The van der Waals surface area contributed by atoms with E-state index in [-0.39, 0.29) is 5.91 Å². The van der Waals surface area contributed by atoms with E-state index in [9.17, 15) is 29.1 Å². The van der Waals surface area contributed by atoms with E-state index in [0.29, 0.717) is 25.1 Å². The van der Waals surface area contributed by atoms with Crippen LogP contribution in [0.4, 0.5) is 0 Å². The molecular formula is C18H31N5O7S. The van der Waals surface area contributed by atoms with Crippen LogP contribution in [0.3, 0.4) is 0 Å². The van der Waals surface area contributed by atoms with Gasteiger partial charge in [-0.3, -0.25) is 19.2 Å². The number of amides is 4. The molecule has 0 radical (unpaired) electrons. The van der Waals surface area contributed by atoms with Gasteiger partial charge >= 0.3 is 5.97 Å². The third kappa shape index (κ3) is 9.11.